The lowest BCUT2D eigenvalue weighted by Crippen LogP contribution is -2.44. The summed E-state index contributed by atoms with van der Waals surface area (Å²) in [6, 6.07) is 4.15. The molecule has 2 aromatic rings. The molecule has 1 aliphatic heterocycles. The van der Waals surface area contributed by atoms with Crippen LogP contribution in [0.5, 0.6) is 11.5 Å². The van der Waals surface area contributed by atoms with Crippen molar-refractivity contribution in [3.63, 3.8) is 0 Å². The molecule has 1 aromatic heterocycles. The molecule has 9 heteroatoms. The first kappa shape index (κ1) is 24.2. The molecule has 0 saturated heterocycles. The monoisotopic (exact) mass is 529 g/mol. The van der Waals surface area contributed by atoms with Crippen LogP contribution in [-0.4, -0.2) is 54.9 Å². The van der Waals surface area contributed by atoms with E-state index < -0.39 is 0 Å². The molecular formula is C21H32IN5O3. The van der Waals surface area contributed by atoms with Crippen LogP contribution in [-0.2, 0) is 19.4 Å². The van der Waals surface area contributed by atoms with E-state index in [4.69, 9.17) is 19.0 Å². The third-order valence-corrected chi connectivity index (χ3v) is 4.94. The maximum Gasteiger partial charge on any atom is 0.228 e. The Kier molecular flexibility index (Phi) is 9.19. The zero-order valence-corrected chi connectivity index (χ0v) is 20.7. The van der Waals surface area contributed by atoms with Gasteiger partial charge < -0.3 is 24.2 Å². The predicted molar refractivity (Wildman–Crippen MR) is 127 cm³/mol. The molecule has 1 aliphatic rings. The molecule has 0 unspecified atom stereocenters. The van der Waals surface area contributed by atoms with E-state index in [1.807, 2.05) is 0 Å². The van der Waals surface area contributed by atoms with Gasteiger partial charge in [-0.05, 0) is 36.6 Å². The second-order valence-corrected chi connectivity index (χ2v) is 7.33. The van der Waals surface area contributed by atoms with E-state index >= 15 is 0 Å². The van der Waals surface area contributed by atoms with Gasteiger partial charge in [0.05, 0.1) is 20.8 Å². The highest BCUT2D eigenvalue weighted by atomic mass is 127. The molecule has 166 valence electrons. The average molecular weight is 529 g/mol. The highest BCUT2D eigenvalue weighted by Gasteiger charge is 2.21. The zero-order valence-electron chi connectivity index (χ0n) is 18.4. The Morgan fingerprint density at radius 2 is 1.93 bits per heavy atom. The fourth-order valence-corrected chi connectivity index (χ4v) is 3.35. The molecule has 0 amide bonds. The summed E-state index contributed by atoms with van der Waals surface area (Å²) < 4.78 is 16.2. The minimum absolute atomic E-state index is 0. The zero-order chi connectivity index (χ0) is 20.8. The third kappa shape index (κ3) is 5.77. The number of rotatable bonds is 7. The van der Waals surface area contributed by atoms with Gasteiger partial charge in [-0.15, -0.1) is 24.0 Å². The minimum Gasteiger partial charge on any atom is -0.493 e. The Balaban J connectivity index is 0.00000320. The quantitative estimate of drug-likeness (QED) is 0.335. The number of hydrogen-bond acceptors (Lipinski definition) is 6. The van der Waals surface area contributed by atoms with E-state index in [1.54, 1.807) is 14.2 Å². The smallest absolute Gasteiger partial charge is 0.228 e. The van der Waals surface area contributed by atoms with Crippen molar-refractivity contribution in [3.8, 4) is 11.5 Å². The lowest BCUT2D eigenvalue weighted by atomic mass is 9.99. The van der Waals surface area contributed by atoms with Gasteiger partial charge in [-0.2, -0.15) is 4.98 Å². The molecule has 0 fully saturated rings. The average Bonchev–Trinajstić information content (AvgIpc) is 3.21. The van der Waals surface area contributed by atoms with Crippen molar-refractivity contribution in [2.75, 3.05) is 33.9 Å². The molecule has 0 bridgehead atoms. The predicted octanol–water partition coefficient (Wildman–Crippen LogP) is 3.39. The number of hydrogen-bond donors (Lipinski definition) is 1. The van der Waals surface area contributed by atoms with E-state index in [0.717, 1.165) is 49.3 Å². The molecule has 3 rings (SSSR count). The van der Waals surface area contributed by atoms with Gasteiger partial charge in [0, 0.05) is 32.0 Å². The molecule has 0 spiro atoms. The number of nitrogens with one attached hydrogen (secondary N) is 1. The van der Waals surface area contributed by atoms with Gasteiger partial charge >= 0.3 is 0 Å². The fraction of sp³-hybridized carbons (Fsp3) is 0.571. The lowest BCUT2D eigenvalue weighted by molar-refractivity contribution is 0.345. The van der Waals surface area contributed by atoms with E-state index in [2.05, 4.69) is 53.3 Å². The largest absolute Gasteiger partial charge is 0.493 e. The summed E-state index contributed by atoms with van der Waals surface area (Å²) in [5.74, 6) is 4.07. The first-order valence-corrected chi connectivity index (χ1v) is 10.1. The number of guanidine groups is 1. The maximum atomic E-state index is 5.47. The summed E-state index contributed by atoms with van der Waals surface area (Å²) >= 11 is 0. The van der Waals surface area contributed by atoms with Crippen molar-refractivity contribution < 1.29 is 14.0 Å². The fourth-order valence-electron chi connectivity index (χ4n) is 3.35. The van der Waals surface area contributed by atoms with Crippen molar-refractivity contribution in [2.24, 2.45) is 4.99 Å². The number of benzene rings is 1. The second kappa shape index (κ2) is 11.4. The van der Waals surface area contributed by atoms with E-state index in [1.165, 1.54) is 11.1 Å². The molecule has 0 radical (unpaired) electrons. The molecule has 1 aromatic carbocycles. The first-order chi connectivity index (χ1) is 14.0. The normalized spacial score (nSPS) is 13.7. The van der Waals surface area contributed by atoms with Crippen LogP contribution in [0.2, 0.25) is 0 Å². The van der Waals surface area contributed by atoms with Crippen LogP contribution < -0.4 is 14.8 Å². The number of aliphatic imine (C=N–C) groups is 1. The number of halogens is 1. The highest BCUT2D eigenvalue weighted by Crippen LogP contribution is 2.33. The minimum atomic E-state index is 0. The topological polar surface area (TPSA) is 85.0 Å². The summed E-state index contributed by atoms with van der Waals surface area (Å²) in [5, 5.41) is 7.41. The van der Waals surface area contributed by atoms with Gasteiger partial charge in [0.25, 0.3) is 0 Å². The van der Waals surface area contributed by atoms with Gasteiger partial charge in [0.15, 0.2) is 23.3 Å². The highest BCUT2D eigenvalue weighted by molar-refractivity contribution is 14.0. The van der Waals surface area contributed by atoms with Crippen LogP contribution in [0.25, 0.3) is 0 Å². The van der Waals surface area contributed by atoms with Crippen LogP contribution >= 0.6 is 24.0 Å². The molecule has 8 nitrogen and oxygen atoms in total. The van der Waals surface area contributed by atoms with E-state index in [0.29, 0.717) is 18.9 Å². The van der Waals surface area contributed by atoms with E-state index in [9.17, 15) is 0 Å². The van der Waals surface area contributed by atoms with Gasteiger partial charge in [0.1, 0.15) is 0 Å². The van der Waals surface area contributed by atoms with Crippen molar-refractivity contribution >= 4 is 29.9 Å². The van der Waals surface area contributed by atoms with Crippen LogP contribution in [0, 0.1) is 0 Å². The number of ether oxygens (including phenoxy) is 2. The van der Waals surface area contributed by atoms with Gasteiger partial charge in [-0.25, -0.2) is 0 Å². The molecule has 0 aliphatic carbocycles. The first-order valence-electron chi connectivity index (χ1n) is 10.1. The molecular weight excluding hydrogens is 497 g/mol. The number of nitrogens with zero attached hydrogens (tertiary/aromatic N) is 4. The van der Waals surface area contributed by atoms with Crippen LogP contribution in [0.4, 0.5) is 0 Å². The Hall–Kier alpha value is -2.04. The standard InChI is InChI=1S/C21H31N5O3.HI/c1-6-22-21(23-9-7-19-24-20(14(2)3)25-29-19)26-10-8-15-11-17(27-4)18(28-5)12-16(15)13-26;/h11-12,14H,6-10,13H2,1-5H3,(H,22,23);1H. The van der Waals surface area contributed by atoms with Crippen molar-refractivity contribution in [2.45, 2.75) is 46.1 Å². The molecule has 1 N–H and O–H groups in total. The molecule has 0 saturated carbocycles. The maximum absolute atomic E-state index is 5.47. The summed E-state index contributed by atoms with van der Waals surface area (Å²) in [5.41, 5.74) is 2.53. The molecule has 30 heavy (non-hydrogen) atoms. The van der Waals surface area contributed by atoms with Crippen LogP contribution in [0.1, 0.15) is 49.5 Å². The lowest BCUT2D eigenvalue weighted by Gasteiger charge is -2.32. The summed E-state index contributed by atoms with van der Waals surface area (Å²) in [4.78, 5) is 11.5. The van der Waals surface area contributed by atoms with Gasteiger partial charge in [0.2, 0.25) is 5.89 Å². The number of fused-ring (bicyclic) bond motifs is 1. The van der Waals surface area contributed by atoms with Gasteiger partial charge in [-0.3, -0.25) is 4.99 Å². The third-order valence-electron chi connectivity index (χ3n) is 4.94. The van der Waals surface area contributed by atoms with Crippen molar-refractivity contribution in [1.82, 2.24) is 20.4 Å². The van der Waals surface area contributed by atoms with Crippen molar-refractivity contribution in [1.29, 1.82) is 0 Å². The Bertz CT molecular complexity index is 853. The Morgan fingerprint density at radius 3 is 2.53 bits per heavy atom. The molecule has 2 heterocycles. The SMILES string of the molecule is CCNC(=NCCc1nc(C(C)C)no1)N1CCc2cc(OC)c(OC)cc2C1.I. The summed E-state index contributed by atoms with van der Waals surface area (Å²) in [6.45, 7) is 9.26. The van der Waals surface area contributed by atoms with Gasteiger partial charge in [-0.1, -0.05) is 19.0 Å². The Morgan fingerprint density at radius 1 is 1.23 bits per heavy atom. The summed E-state index contributed by atoms with van der Waals surface area (Å²) in [6.07, 6.45) is 1.56. The van der Waals surface area contributed by atoms with Crippen molar-refractivity contribution in [3.05, 3.63) is 35.0 Å². The molecule has 0 atom stereocenters. The number of aromatic nitrogens is 2. The van der Waals surface area contributed by atoms with E-state index in [-0.39, 0.29) is 29.9 Å². The Labute approximate surface area is 195 Å². The second-order valence-electron chi connectivity index (χ2n) is 7.33. The van der Waals surface area contributed by atoms with Crippen LogP contribution in [0.3, 0.4) is 0 Å². The number of methoxy groups -OCH3 is 2. The van der Waals surface area contributed by atoms with Crippen LogP contribution in [0.15, 0.2) is 21.6 Å². The summed E-state index contributed by atoms with van der Waals surface area (Å²) in [7, 11) is 3.33.